The second-order valence-electron chi connectivity index (χ2n) is 10.0. The third-order valence-electron chi connectivity index (χ3n) is 6.80. The molecule has 7 heteroatoms. The van der Waals surface area contributed by atoms with E-state index in [4.69, 9.17) is 16.3 Å². The summed E-state index contributed by atoms with van der Waals surface area (Å²) in [6, 6.07) is 6.23. The quantitative estimate of drug-likeness (QED) is 0.321. The van der Waals surface area contributed by atoms with Crippen molar-refractivity contribution in [3.63, 3.8) is 0 Å². The molecule has 5 nitrogen and oxygen atoms in total. The number of hydrogen-bond acceptors (Lipinski definition) is 4. The van der Waals surface area contributed by atoms with Gasteiger partial charge in [0.15, 0.2) is 0 Å². The Bertz CT molecular complexity index is 864. The SMILES string of the molecule is COC(=O)CC/C=C\CC1(CCNS(=O)(=O)c2ccc(Cl)cc2)CCC(C(C)(C)C)CC1. The van der Waals surface area contributed by atoms with Crippen molar-refractivity contribution in [3.8, 4) is 0 Å². The summed E-state index contributed by atoms with van der Waals surface area (Å²) in [7, 11) is -2.16. The van der Waals surface area contributed by atoms with Gasteiger partial charge in [-0.3, -0.25) is 4.79 Å². The van der Waals surface area contributed by atoms with Gasteiger partial charge >= 0.3 is 5.97 Å². The highest BCUT2D eigenvalue weighted by Gasteiger charge is 2.37. The lowest BCUT2D eigenvalue weighted by Crippen LogP contribution is -2.35. The van der Waals surface area contributed by atoms with Crippen LogP contribution in [-0.2, 0) is 19.6 Å². The van der Waals surface area contributed by atoms with Gasteiger partial charge in [-0.1, -0.05) is 44.5 Å². The Morgan fingerprint density at radius 1 is 1.19 bits per heavy atom. The van der Waals surface area contributed by atoms with Gasteiger partial charge in [-0.15, -0.1) is 0 Å². The lowest BCUT2D eigenvalue weighted by atomic mass is 9.62. The number of hydrogen-bond donors (Lipinski definition) is 1. The zero-order chi connectivity index (χ0) is 23.8. The van der Waals surface area contributed by atoms with Crippen molar-refractivity contribution >= 4 is 27.6 Å². The minimum atomic E-state index is -3.56. The summed E-state index contributed by atoms with van der Waals surface area (Å²) in [6.45, 7) is 7.31. The van der Waals surface area contributed by atoms with E-state index in [1.807, 2.05) is 6.08 Å². The molecule has 0 radical (unpaired) electrons. The highest BCUT2D eigenvalue weighted by Crippen LogP contribution is 2.49. The van der Waals surface area contributed by atoms with E-state index in [1.54, 1.807) is 12.1 Å². The van der Waals surface area contributed by atoms with Crippen molar-refractivity contribution in [1.29, 1.82) is 0 Å². The van der Waals surface area contributed by atoms with Crippen LogP contribution >= 0.6 is 11.6 Å². The molecular weight excluding hydrogens is 446 g/mol. The maximum Gasteiger partial charge on any atom is 0.305 e. The predicted molar refractivity (Wildman–Crippen MR) is 130 cm³/mol. The van der Waals surface area contributed by atoms with Crippen LogP contribution in [0, 0.1) is 16.7 Å². The van der Waals surface area contributed by atoms with Crippen molar-refractivity contribution in [2.45, 2.75) is 77.0 Å². The number of methoxy groups -OCH3 is 1. The summed E-state index contributed by atoms with van der Waals surface area (Å²) in [5, 5.41) is 0.512. The first-order chi connectivity index (χ1) is 15.0. The number of benzene rings is 1. The van der Waals surface area contributed by atoms with Crippen molar-refractivity contribution in [2.75, 3.05) is 13.7 Å². The number of sulfonamides is 1. The van der Waals surface area contributed by atoms with E-state index in [0.29, 0.717) is 35.7 Å². The van der Waals surface area contributed by atoms with Crippen LogP contribution < -0.4 is 4.72 Å². The Kier molecular flexibility index (Phi) is 9.80. The number of carbonyl (C=O) groups excluding carboxylic acids is 1. The average Bonchev–Trinajstić information content (AvgIpc) is 2.73. The van der Waals surface area contributed by atoms with Crippen LogP contribution in [0.25, 0.3) is 0 Å². The molecule has 1 aliphatic rings. The highest BCUT2D eigenvalue weighted by atomic mass is 35.5. The zero-order valence-electron chi connectivity index (χ0n) is 19.8. The van der Waals surface area contributed by atoms with Crippen LogP contribution in [0.4, 0.5) is 0 Å². The fourth-order valence-electron chi connectivity index (χ4n) is 4.55. The molecule has 0 aliphatic heterocycles. The smallest absolute Gasteiger partial charge is 0.305 e. The summed E-state index contributed by atoms with van der Waals surface area (Å²) in [5.41, 5.74) is 0.366. The first kappa shape index (κ1) is 26.9. The van der Waals surface area contributed by atoms with Gasteiger partial charge in [0.2, 0.25) is 10.0 Å². The van der Waals surface area contributed by atoms with Crippen molar-refractivity contribution in [3.05, 3.63) is 41.4 Å². The van der Waals surface area contributed by atoms with E-state index in [0.717, 1.165) is 38.5 Å². The first-order valence-electron chi connectivity index (χ1n) is 11.4. The third kappa shape index (κ3) is 8.20. The van der Waals surface area contributed by atoms with Gasteiger partial charge in [-0.25, -0.2) is 13.1 Å². The molecule has 0 saturated heterocycles. The zero-order valence-corrected chi connectivity index (χ0v) is 21.4. The fraction of sp³-hybridized carbons (Fsp3) is 0.640. The maximum atomic E-state index is 12.7. The van der Waals surface area contributed by atoms with E-state index in [2.05, 4.69) is 31.6 Å². The van der Waals surface area contributed by atoms with Crippen LogP contribution in [0.2, 0.25) is 5.02 Å². The van der Waals surface area contributed by atoms with Crippen LogP contribution in [-0.4, -0.2) is 28.0 Å². The lowest BCUT2D eigenvalue weighted by Gasteiger charge is -2.44. The van der Waals surface area contributed by atoms with Gasteiger partial charge in [-0.05, 0) is 86.0 Å². The topological polar surface area (TPSA) is 72.5 Å². The molecule has 2 rings (SSSR count). The Labute approximate surface area is 199 Å². The first-order valence-corrected chi connectivity index (χ1v) is 13.3. The number of ether oxygens (including phenoxy) is 1. The summed E-state index contributed by atoms with van der Waals surface area (Å²) in [6.07, 6.45) is 11.4. The van der Waals surface area contributed by atoms with E-state index < -0.39 is 10.0 Å². The number of halogens is 1. The van der Waals surface area contributed by atoms with Crippen molar-refractivity contribution in [1.82, 2.24) is 4.72 Å². The van der Waals surface area contributed by atoms with Gasteiger partial charge < -0.3 is 4.74 Å². The molecule has 0 spiro atoms. The molecule has 32 heavy (non-hydrogen) atoms. The second kappa shape index (κ2) is 11.7. The molecular formula is C25H38ClNO4S. The molecule has 0 unspecified atom stereocenters. The minimum absolute atomic E-state index is 0.0754. The number of rotatable bonds is 10. The lowest BCUT2D eigenvalue weighted by molar-refractivity contribution is -0.140. The largest absolute Gasteiger partial charge is 0.469 e. The van der Waals surface area contributed by atoms with E-state index in [-0.39, 0.29) is 16.3 Å². The van der Waals surface area contributed by atoms with Gasteiger partial charge in [0.1, 0.15) is 0 Å². The van der Waals surface area contributed by atoms with E-state index in [9.17, 15) is 13.2 Å². The summed E-state index contributed by atoms with van der Waals surface area (Å²) in [5.74, 6) is 0.483. The molecule has 0 bridgehead atoms. The molecule has 1 N–H and O–H groups in total. The molecule has 1 saturated carbocycles. The van der Waals surface area contributed by atoms with Crippen molar-refractivity contribution in [2.24, 2.45) is 16.7 Å². The monoisotopic (exact) mass is 483 g/mol. The average molecular weight is 484 g/mol. The van der Waals surface area contributed by atoms with Crippen molar-refractivity contribution < 1.29 is 17.9 Å². The molecule has 0 aromatic heterocycles. The summed E-state index contributed by atoms with van der Waals surface area (Å²) in [4.78, 5) is 11.5. The molecule has 0 atom stereocenters. The van der Waals surface area contributed by atoms with Crippen LogP contribution in [0.15, 0.2) is 41.3 Å². The Morgan fingerprint density at radius 2 is 1.81 bits per heavy atom. The van der Waals surface area contributed by atoms with Gasteiger partial charge in [0, 0.05) is 18.0 Å². The van der Waals surface area contributed by atoms with E-state index >= 15 is 0 Å². The Morgan fingerprint density at radius 3 is 2.38 bits per heavy atom. The molecule has 180 valence electrons. The molecule has 1 aliphatic carbocycles. The van der Waals surface area contributed by atoms with Gasteiger partial charge in [-0.2, -0.15) is 0 Å². The molecule has 1 aromatic rings. The highest BCUT2D eigenvalue weighted by molar-refractivity contribution is 7.89. The van der Waals surface area contributed by atoms with E-state index in [1.165, 1.54) is 19.2 Å². The Hall–Kier alpha value is -1.37. The number of nitrogens with one attached hydrogen (secondary N) is 1. The van der Waals surface area contributed by atoms with Crippen LogP contribution in [0.1, 0.15) is 72.1 Å². The summed E-state index contributed by atoms with van der Waals surface area (Å²) < 4.78 is 32.8. The molecule has 0 heterocycles. The second-order valence-corrected chi connectivity index (χ2v) is 12.2. The molecule has 1 aromatic carbocycles. The normalized spacial score (nSPS) is 22.2. The predicted octanol–water partition coefficient (Wildman–Crippen LogP) is 6.13. The molecule has 0 amide bonds. The number of allylic oxidation sites excluding steroid dienone is 2. The summed E-state index contributed by atoms with van der Waals surface area (Å²) >= 11 is 5.88. The van der Waals surface area contributed by atoms with Gasteiger partial charge in [0.25, 0.3) is 0 Å². The van der Waals surface area contributed by atoms with Gasteiger partial charge in [0.05, 0.1) is 12.0 Å². The Balaban J connectivity index is 2.00. The van der Waals surface area contributed by atoms with Crippen LogP contribution in [0.3, 0.4) is 0 Å². The minimum Gasteiger partial charge on any atom is -0.469 e. The number of esters is 1. The number of carbonyl (C=O) groups is 1. The third-order valence-corrected chi connectivity index (χ3v) is 8.53. The fourth-order valence-corrected chi connectivity index (χ4v) is 5.71. The maximum absolute atomic E-state index is 12.7. The van der Waals surface area contributed by atoms with Crippen LogP contribution in [0.5, 0.6) is 0 Å². The standard InChI is InChI=1S/C25H38ClNO4S/c1-24(2,3)20-13-16-25(17-14-20,15-7-5-6-8-23(28)31-4)18-19-27-32(29,30)22-11-9-21(26)10-12-22/h5,7,9-12,20,27H,6,8,13-19H2,1-4H3/b7-5-. The molecule has 1 fully saturated rings.